The van der Waals surface area contributed by atoms with E-state index >= 15 is 0 Å². The van der Waals surface area contributed by atoms with Gasteiger partial charge in [-0.15, -0.1) is 12.4 Å². The van der Waals surface area contributed by atoms with Crippen LogP contribution in [0.15, 0.2) is 18.6 Å². The molecule has 0 saturated carbocycles. The fraction of sp³-hybridized carbons (Fsp3) is 0.545. The van der Waals surface area contributed by atoms with E-state index in [0.717, 1.165) is 25.8 Å². The van der Waals surface area contributed by atoms with Crippen molar-refractivity contribution >= 4 is 18.3 Å². The zero-order valence-electron chi connectivity index (χ0n) is 9.58. The van der Waals surface area contributed by atoms with Crippen LogP contribution in [0.1, 0.15) is 29.8 Å². The van der Waals surface area contributed by atoms with Crippen LogP contribution in [0.4, 0.5) is 0 Å². The Morgan fingerprint density at radius 3 is 2.94 bits per heavy atom. The first-order valence-corrected chi connectivity index (χ1v) is 5.60. The maximum atomic E-state index is 12.1. The number of carbonyl (C=O) groups is 1. The summed E-state index contributed by atoms with van der Waals surface area (Å²) in [4.78, 5) is 21.9. The van der Waals surface area contributed by atoms with Gasteiger partial charge < -0.3 is 10.6 Å². The molecule has 17 heavy (non-hydrogen) atoms. The molecule has 1 atom stereocenters. The zero-order chi connectivity index (χ0) is 11.4. The molecule has 6 heteroatoms. The standard InChI is InChI=1S/C11H16N4O.ClH/c12-7-9-3-1-2-6-15(9)11(16)10-8-13-4-5-14-10;/h4-5,8-9H,1-3,6-7,12H2;1H. The van der Waals surface area contributed by atoms with Crippen molar-refractivity contribution in [1.82, 2.24) is 14.9 Å². The topological polar surface area (TPSA) is 72.1 Å². The summed E-state index contributed by atoms with van der Waals surface area (Å²) in [6, 6.07) is 0.156. The summed E-state index contributed by atoms with van der Waals surface area (Å²) in [5.74, 6) is -0.0525. The molecule has 94 valence electrons. The molecule has 0 aromatic carbocycles. The van der Waals surface area contributed by atoms with Gasteiger partial charge in [-0.2, -0.15) is 0 Å². The summed E-state index contributed by atoms with van der Waals surface area (Å²) >= 11 is 0. The zero-order valence-corrected chi connectivity index (χ0v) is 10.4. The lowest BCUT2D eigenvalue weighted by atomic mass is 10.0. The molecule has 1 amide bonds. The molecule has 1 aliphatic heterocycles. The van der Waals surface area contributed by atoms with Crippen LogP contribution in [0.5, 0.6) is 0 Å². The molecule has 1 fully saturated rings. The van der Waals surface area contributed by atoms with Crippen LogP contribution >= 0.6 is 12.4 Å². The molecular formula is C11H17ClN4O. The second-order valence-electron chi connectivity index (χ2n) is 3.97. The van der Waals surface area contributed by atoms with Gasteiger partial charge in [0.1, 0.15) is 5.69 Å². The minimum Gasteiger partial charge on any atom is -0.333 e. The number of hydrogen-bond acceptors (Lipinski definition) is 4. The first kappa shape index (κ1) is 13.9. The quantitative estimate of drug-likeness (QED) is 0.852. The van der Waals surface area contributed by atoms with Crippen LogP contribution in [0.25, 0.3) is 0 Å². The van der Waals surface area contributed by atoms with Crippen molar-refractivity contribution in [2.24, 2.45) is 5.73 Å². The molecule has 1 unspecified atom stereocenters. The predicted molar refractivity (Wildman–Crippen MR) is 67.0 cm³/mol. The Morgan fingerprint density at radius 2 is 2.29 bits per heavy atom. The normalized spacial score (nSPS) is 19.6. The highest BCUT2D eigenvalue weighted by Crippen LogP contribution is 2.17. The van der Waals surface area contributed by atoms with Crippen LogP contribution in [0.2, 0.25) is 0 Å². The van der Waals surface area contributed by atoms with Gasteiger partial charge >= 0.3 is 0 Å². The van der Waals surface area contributed by atoms with Gasteiger partial charge in [0.15, 0.2) is 0 Å². The molecule has 1 aromatic rings. The Bertz CT molecular complexity index is 360. The Balaban J connectivity index is 0.00000144. The van der Waals surface area contributed by atoms with Crippen LogP contribution < -0.4 is 5.73 Å². The van der Waals surface area contributed by atoms with E-state index in [2.05, 4.69) is 9.97 Å². The fourth-order valence-electron chi connectivity index (χ4n) is 2.07. The van der Waals surface area contributed by atoms with E-state index in [1.54, 1.807) is 6.20 Å². The van der Waals surface area contributed by atoms with Crippen molar-refractivity contribution in [2.45, 2.75) is 25.3 Å². The first-order valence-electron chi connectivity index (χ1n) is 5.60. The van der Waals surface area contributed by atoms with E-state index in [-0.39, 0.29) is 24.4 Å². The molecule has 0 bridgehead atoms. The number of nitrogens with zero attached hydrogens (tertiary/aromatic N) is 3. The summed E-state index contributed by atoms with van der Waals surface area (Å²) < 4.78 is 0. The SMILES string of the molecule is Cl.NCC1CCCCN1C(=O)c1cnccn1. The summed E-state index contributed by atoms with van der Waals surface area (Å²) in [5, 5.41) is 0. The van der Waals surface area contributed by atoms with Gasteiger partial charge in [0, 0.05) is 31.5 Å². The van der Waals surface area contributed by atoms with E-state index in [9.17, 15) is 4.79 Å². The second-order valence-corrected chi connectivity index (χ2v) is 3.97. The number of carbonyl (C=O) groups excluding carboxylic acids is 1. The Kier molecular flexibility index (Phi) is 5.31. The van der Waals surface area contributed by atoms with Crippen LogP contribution in [-0.2, 0) is 0 Å². The molecule has 1 saturated heterocycles. The minimum atomic E-state index is -0.0525. The molecule has 5 nitrogen and oxygen atoms in total. The molecule has 2 heterocycles. The van der Waals surface area contributed by atoms with E-state index in [1.165, 1.54) is 12.4 Å². The van der Waals surface area contributed by atoms with E-state index in [4.69, 9.17) is 5.73 Å². The maximum absolute atomic E-state index is 12.1. The third-order valence-electron chi connectivity index (χ3n) is 2.94. The lowest BCUT2D eigenvalue weighted by Crippen LogP contribution is -2.47. The molecule has 0 radical (unpaired) electrons. The Hall–Kier alpha value is -1.20. The molecular weight excluding hydrogens is 240 g/mol. The van der Waals surface area contributed by atoms with E-state index < -0.39 is 0 Å². The van der Waals surface area contributed by atoms with Crippen LogP contribution in [0.3, 0.4) is 0 Å². The first-order chi connectivity index (χ1) is 7.83. The van der Waals surface area contributed by atoms with Crippen LogP contribution in [0, 0.1) is 0 Å². The van der Waals surface area contributed by atoms with Gasteiger partial charge in [-0.3, -0.25) is 9.78 Å². The molecule has 2 N–H and O–H groups in total. The van der Waals surface area contributed by atoms with Gasteiger partial charge in [0.25, 0.3) is 5.91 Å². The third kappa shape index (κ3) is 3.14. The number of nitrogens with two attached hydrogens (primary N) is 1. The van der Waals surface area contributed by atoms with Crippen LogP contribution in [-0.4, -0.2) is 39.9 Å². The number of rotatable bonds is 2. The Labute approximate surface area is 107 Å². The van der Waals surface area contributed by atoms with Gasteiger partial charge in [-0.1, -0.05) is 0 Å². The number of likely N-dealkylation sites (tertiary alicyclic amines) is 1. The fourth-order valence-corrected chi connectivity index (χ4v) is 2.07. The number of aromatic nitrogens is 2. The molecule has 2 rings (SSSR count). The summed E-state index contributed by atoms with van der Waals surface area (Å²) in [7, 11) is 0. The lowest BCUT2D eigenvalue weighted by molar-refractivity contribution is 0.0617. The van der Waals surface area contributed by atoms with Crippen molar-refractivity contribution in [3.63, 3.8) is 0 Å². The monoisotopic (exact) mass is 256 g/mol. The average molecular weight is 257 g/mol. The highest BCUT2D eigenvalue weighted by atomic mass is 35.5. The predicted octanol–water partition coefficient (Wildman–Crippen LogP) is 0.852. The Morgan fingerprint density at radius 1 is 1.47 bits per heavy atom. The van der Waals surface area contributed by atoms with Crippen molar-refractivity contribution in [3.05, 3.63) is 24.3 Å². The van der Waals surface area contributed by atoms with E-state index in [1.807, 2.05) is 4.90 Å². The summed E-state index contributed by atoms with van der Waals surface area (Å²) in [5.41, 5.74) is 6.09. The molecule has 0 spiro atoms. The molecule has 1 aliphatic rings. The maximum Gasteiger partial charge on any atom is 0.274 e. The van der Waals surface area contributed by atoms with E-state index in [0.29, 0.717) is 12.2 Å². The summed E-state index contributed by atoms with van der Waals surface area (Å²) in [6.45, 7) is 1.29. The van der Waals surface area contributed by atoms with Crippen molar-refractivity contribution in [3.8, 4) is 0 Å². The number of hydrogen-bond donors (Lipinski definition) is 1. The average Bonchev–Trinajstić information content (AvgIpc) is 2.39. The smallest absolute Gasteiger partial charge is 0.274 e. The van der Waals surface area contributed by atoms with Crippen molar-refractivity contribution in [2.75, 3.05) is 13.1 Å². The number of piperidine rings is 1. The lowest BCUT2D eigenvalue weighted by Gasteiger charge is -2.34. The van der Waals surface area contributed by atoms with Gasteiger partial charge in [-0.25, -0.2) is 4.98 Å². The molecule has 0 aliphatic carbocycles. The molecule has 1 aromatic heterocycles. The largest absolute Gasteiger partial charge is 0.333 e. The van der Waals surface area contributed by atoms with Gasteiger partial charge in [0.05, 0.1) is 6.20 Å². The highest BCUT2D eigenvalue weighted by Gasteiger charge is 2.26. The second kappa shape index (κ2) is 6.51. The number of halogens is 1. The minimum absolute atomic E-state index is 0. The van der Waals surface area contributed by atoms with Crippen molar-refractivity contribution in [1.29, 1.82) is 0 Å². The van der Waals surface area contributed by atoms with Gasteiger partial charge in [0.2, 0.25) is 0 Å². The highest BCUT2D eigenvalue weighted by molar-refractivity contribution is 5.92. The third-order valence-corrected chi connectivity index (χ3v) is 2.94. The number of amides is 1. The summed E-state index contributed by atoms with van der Waals surface area (Å²) in [6.07, 6.45) is 7.78. The van der Waals surface area contributed by atoms with Gasteiger partial charge in [-0.05, 0) is 19.3 Å². The van der Waals surface area contributed by atoms with Crippen molar-refractivity contribution < 1.29 is 4.79 Å².